The van der Waals surface area contributed by atoms with Crippen molar-refractivity contribution in [2.45, 2.75) is 12.5 Å². The molecule has 4 rings (SSSR count). The molecule has 23 heavy (non-hydrogen) atoms. The molecule has 5 heteroatoms. The lowest BCUT2D eigenvalue weighted by atomic mass is 9.87. The van der Waals surface area contributed by atoms with Gasteiger partial charge < -0.3 is 10.0 Å². The van der Waals surface area contributed by atoms with Crippen molar-refractivity contribution in [1.82, 2.24) is 9.97 Å². The zero-order chi connectivity index (χ0) is 16.0. The molecular formula is C18H16ClN3O. The molecule has 1 aliphatic heterocycles. The second-order valence-corrected chi connectivity index (χ2v) is 6.47. The van der Waals surface area contributed by atoms with Crippen LogP contribution in [0.25, 0.3) is 10.9 Å². The van der Waals surface area contributed by atoms with Gasteiger partial charge in [-0.3, -0.25) is 4.98 Å². The summed E-state index contributed by atoms with van der Waals surface area (Å²) in [6.07, 6.45) is 3.43. The Bertz CT molecular complexity index is 876. The molecule has 4 nitrogen and oxygen atoms in total. The van der Waals surface area contributed by atoms with Crippen LogP contribution in [0.4, 0.5) is 5.82 Å². The topological polar surface area (TPSA) is 49.2 Å². The third-order valence-electron chi connectivity index (χ3n) is 4.42. The number of nitrogens with zero attached hydrogens (tertiary/aromatic N) is 3. The largest absolute Gasteiger partial charge is 0.381 e. The third-order valence-corrected chi connectivity index (χ3v) is 4.75. The molecule has 1 N–H and O–H groups in total. The number of anilines is 1. The summed E-state index contributed by atoms with van der Waals surface area (Å²) in [5, 5.41) is 12.4. The summed E-state index contributed by atoms with van der Waals surface area (Å²) in [5.74, 6) is 0.858. The van der Waals surface area contributed by atoms with Crippen LogP contribution in [0.15, 0.2) is 48.8 Å². The molecule has 2 aromatic heterocycles. The minimum Gasteiger partial charge on any atom is -0.381 e. The first-order chi connectivity index (χ1) is 11.1. The normalized spacial score (nSPS) is 16.4. The molecule has 0 unspecified atom stereocenters. The van der Waals surface area contributed by atoms with Crippen LogP contribution in [0.5, 0.6) is 0 Å². The number of fused-ring (bicyclic) bond motifs is 1. The fourth-order valence-corrected chi connectivity index (χ4v) is 3.27. The van der Waals surface area contributed by atoms with Crippen LogP contribution in [0.3, 0.4) is 0 Å². The third kappa shape index (κ3) is 2.35. The number of halogens is 1. The van der Waals surface area contributed by atoms with E-state index in [1.54, 1.807) is 12.4 Å². The van der Waals surface area contributed by atoms with Crippen molar-refractivity contribution in [1.29, 1.82) is 0 Å². The molecule has 0 aliphatic carbocycles. The second kappa shape index (κ2) is 5.18. The fraction of sp³-hybridized carbons (Fsp3) is 0.222. The van der Waals surface area contributed by atoms with E-state index in [0.29, 0.717) is 18.1 Å². The van der Waals surface area contributed by atoms with Crippen LogP contribution in [0.1, 0.15) is 11.1 Å². The molecule has 1 fully saturated rings. The second-order valence-electron chi connectivity index (χ2n) is 6.06. The smallest absolute Gasteiger partial charge is 0.129 e. The Balaban J connectivity index is 1.64. The number of benzene rings is 1. The fourth-order valence-electron chi connectivity index (χ4n) is 3.05. The van der Waals surface area contributed by atoms with Crippen molar-refractivity contribution < 1.29 is 5.11 Å². The van der Waals surface area contributed by atoms with E-state index in [9.17, 15) is 5.11 Å². The Labute approximate surface area is 139 Å². The maximum atomic E-state index is 10.7. The number of aliphatic hydroxyl groups is 1. The number of β-amino-alcohol motifs (C(OH)–C–C–N with tert-alkyl or cyclic N) is 1. The highest BCUT2D eigenvalue weighted by atomic mass is 35.5. The lowest BCUT2D eigenvalue weighted by molar-refractivity contribution is 0.00678. The highest BCUT2D eigenvalue weighted by Crippen LogP contribution is 2.35. The summed E-state index contributed by atoms with van der Waals surface area (Å²) >= 11 is 6.23. The van der Waals surface area contributed by atoms with Gasteiger partial charge in [-0.25, -0.2) is 4.98 Å². The molecule has 0 radical (unpaired) electrons. The molecular weight excluding hydrogens is 310 g/mol. The average molecular weight is 326 g/mol. The van der Waals surface area contributed by atoms with Crippen LogP contribution in [0, 0.1) is 6.92 Å². The number of aromatic nitrogens is 2. The van der Waals surface area contributed by atoms with E-state index in [0.717, 1.165) is 27.8 Å². The van der Waals surface area contributed by atoms with E-state index in [1.807, 2.05) is 43.3 Å². The van der Waals surface area contributed by atoms with Gasteiger partial charge in [0, 0.05) is 28.4 Å². The maximum Gasteiger partial charge on any atom is 0.129 e. The Morgan fingerprint density at radius 2 is 2.00 bits per heavy atom. The Hall–Kier alpha value is -2.17. The first kappa shape index (κ1) is 14.4. The predicted octanol–water partition coefficient (Wildman–Crippen LogP) is 3.30. The highest BCUT2D eigenvalue weighted by molar-refractivity contribution is 6.35. The van der Waals surface area contributed by atoms with E-state index in [4.69, 9.17) is 16.6 Å². The van der Waals surface area contributed by atoms with Crippen molar-refractivity contribution in [2.24, 2.45) is 0 Å². The highest BCUT2D eigenvalue weighted by Gasteiger charge is 2.43. The monoisotopic (exact) mass is 325 g/mol. The van der Waals surface area contributed by atoms with Gasteiger partial charge in [-0.1, -0.05) is 23.7 Å². The van der Waals surface area contributed by atoms with Crippen LogP contribution in [0.2, 0.25) is 5.02 Å². The van der Waals surface area contributed by atoms with Gasteiger partial charge in [-0.2, -0.15) is 0 Å². The SMILES string of the molecule is Cc1ccc(Cl)c2ccc(N3CC(O)(c4cccnc4)C3)nc12. The number of pyridine rings is 2. The van der Waals surface area contributed by atoms with Gasteiger partial charge >= 0.3 is 0 Å². The molecule has 0 amide bonds. The van der Waals surface area contributed by atoms with Crippen LogP contribution in [-0.2, 0) is 5.60 Å². The zero-order valence-electron chi connectivity index (χ0n) is 12.7. The van der Waals surface area contributed by atoms with E-state index < -0.39 is 5.60 Å². The van der Waals surface area contributed by atoms with Crippen LogP contribution in [-0.4, -0.2) is 28.2 Å². The predicted molar refractivity (Wildman–Crippen MR) is 91.8 cm³/mol. The number of hydrogen-bond acceptors (Lipinski definition) is 4. The molecule has 1 saturated heterocycles. The first-order valence-electron chi connectivity index (χ1n) is 7.50. The van der Waals surface area contributed by atoms with E-state index >= 15 is 0 Å². The van der Waals surface area contributed by atoms with Gasteiger partial charge in [0.2, 0.25) is 0 Å². The zero-order valence-corrected chi connectivity index (χ0v) is 13.5. The lowest BCUT2D eigenvalue weighted by Crippen LogP contribution is -2.59. The summed E-state index contributed by atoms with van der Waals surface area (Å²) < 4.78 is 0. The van der Waals surface area contributed by atoms with Gasteiger partial charge in [-0.05, 0) is 36.8 Å². The molecule has 0 spiro atoms. The summed E-state index contributed by atoms with van der Waals surface area (Å²) in [6, 6.07) is 11.6. The Morgan fingerprint density at radius 1 is 1.17 bits per heavy atom. The van der Waals surface area contributed by atoms with Crippen LogP contribution >= 0.6 is 11.6 Å². The van der Waals surface area contributed by atoms with Crippen molar-refractivity contribution in [3.05, 3.63) is 64.9 Å². The van der Waals surface area contributed by atoms with E-state index in [2.05, 4.69) is 9.88 Å². The Kier molecular flexibility index (Phi) is 3.25. The molecule has 0 saturated carbocycles. The Morgan fingerprint density at radius 3 is 2.74 bits per heavy atom. The summed E-state index contributed by atoms with van der Waals surface area (Å²) in [7, 11) is 0. The standard InChI is InChI=1S/C18H16ClN3O/c1-12-4-6-15(19)14-5-7-16(21-17(12)14)22-10-18(23,11-22)13-3-2-8-20-9-13/h2-9,23H,10-11H2,1H3. The summed E-state index contributed by atoms with van der Waals surface area (Å²) in [4.78, 5) is 10.9. The first-order valence-corrected chi connectivity index (χ1v) is 7.88. The minimum absolute atomic E-state index is 0.511. The quantitative estimate of drug-likeness (QED) is 0.785. The number of rotatable bonds is 2. The van der Waals surface area contributed by atoms with Crippen molar-refractivity contribution in [3.8, 4) is 0 Å². The van der Waals surface area contributed by atoms with Crippen molar-refractivity contribution in [2.75, 3.05) is 18.0 Å². The van der Waals surface area contributed by atoms with Crippen molar-refractivity contribution >= 4 is 28.3 Å². The van der Waals surface area contributed by atoms with Gasteiger partial charge in [0.25, 0.3) is 0 Å². The maximum absolute atomic E-state index is 10.7. The molecule has 1 aromatic carbocycles. The molecule has 1 aliphatic rings. The molecule has 0 atom stereocenters. The van der Waals surface area contributed by atoms with Gasteiger partial charge in [0.1, 0.15) is 11.4 Å². The molecule has 3 aromatic rings. The summed E-state index contributed by atoms with van der Waals surface area (Å²) in [6.45, 7) is 3.05. The van der Waals surface area contributed by atoms with E-state index in [-0.39, 0.29) is 0 Å². The van der Waals surface area contributed by atoms with Crippen molar-refractivity contribution in [3.63, 3.8) is 0 Å². The van der Waals surface area contributed by atoms with Crippen LogP contribution < -0.4 is 4.90 Å². The lowest BCUT2D eigenvalue weighted by Gasteiger charge is -2.47. The molecule has 0 bridgehead atoms. The molecule has 3 heterocycles. The van der Waals surface area contributed by atoms with E-state index in [1.165, 1.54) is 0 Å². The minimum atomic E-state index is -0.853. The van der Waals surface area contributed by atoms with Gasteiger partial charge in [0.05, 0.1) is 18.6 Å². The number of aryl methyl sites for hydroxylation is 1. The number of hydrogen-bond donors (Lipinski definition) is 1. The van der Waals surface area contributed by atoms with Gasteiger partial charge in [0.15, 0.2) is 0 Å². The average Bonchev–Trinajstić information content (AvgIpc) is 2.56. The van der Waals surface area contributed by atoms with Gasteiger partial charge in [-0.15, -0.1) is 0 Å². The summed E-state index contributed by atoms with van der Waals surface area (Å²) in [5.41, 5.74) is 1.99. The molecule has 116 valence electrons.